The maximum Gasteiger partial charge on any atom is 0.0790 e. The lowest BCUT2D eigenvalue weighted by Crippen LogP contribution is -2.52. The molecule has 1 heterocycles. The standard InChI is InChI=1S/C18H36N2O/c1-7-19-16-15(17(3,4)21-18(16,5)6)13-20(8-2)14-11-9-10-12-14/h14-16,19H,7-13H2,1-6H3. The molecule has 0 aromatic carbocycles. The van der Waals surface area contributed by atoms with Crippen molar-refractivity contribution in [1.82, 2.24) is 10.2 Å². The molecule has 2 aliphatic rings. The van der Waals surface area contributed by atoms with Crippen molar-refractivity contribution in [2.75, 3.05) is 19.6 Å². The molecule has 1 saturated carbocycles. The molecule has 0 radical (unpaired) electrons. The fourth-order valence-corrected chi connectivity index (χ4v) is 4.69. The van der Waals surface area contributed by atoms with Crippen LogP contribution in [0.25, 0.3) is 0 Å². The van der Waals surface area contributed by atoms with E-state index in [2.05, 4.69) is 51.8 Å². The summed E-state index contributed by atoms with van der Waals surface area (Å²) in [5, 5.41) is 3.71. The summed E-state index contributed by atoms with van der Waals surface area (Å²) >= 11 is 0. The molecule has 0 spiro atoms. The van der Waals surface area contributed by atoms with Gasteiger partial charge < -0.3 is 15.0 Å². The Morgan fingerprint density at radius 1 is 1.05 bits per heavy atom. The van der Waals surface area contributed by atoms with Crippen molar-refractivity contribution in [3.8, 4) is 0 Å². The minimum atomic E-state index is -0.0841. The number of ether oxygens (including phenoxy) is 1. The van der Waals surface area contributed by atoms with E-state index in [1.54, 1.807) is 0 Å². The van der Waals surface area contributed by atoms with E-state index in [4.69, 9.17) is 4.74 Å². The van der Waals surface area contributed by atoms with Crippen LogP contribution < -0.4 is 5.32 Å². The molecule has 2 rings (SSSR count). The lowest BCUT2D eigenvalue weighted by atomic mass is 9.81. The zero-order chi connectivity index (χ0) is 15.7. The molecule has 0 aromatic heterocycles. The molecule has 0 aromatic rings. The fourth-order valence-electron chi connectivity index (χ4n) is 4.69. The van der Waals surface area contributed by atoms with Gasteiger partial charge in [-0.3, -0.25) is 0 Å². The number of likely N-dealkylation sites (N-methyl/N-ethyl adjacent to an activating group) is 1. The summed E-state index contributed by atoms with van der Waals surface area (Å²) in [7, 11) is 0. The van der Waals surface area contributed by atoms with E-state index in [0.717, 1.165) is 25.7 Å². The number of nitrogens with one attached hydrogen (secondary N) is 1. The maximum atomic E-state index is 6.43. The van der Waals surface area contributed by atoms with Gasteiger partial charge in [0.2, 0.25) is 0 Å². The molecule has 1 saturated heterocycles. The highest BCUT2D eigenvalue weighted by Crippen LogP contribution is 2.43. The molecule has 3 heteroatoms. The zero-order valence-electron chi connectivity index (χ0n) is 15.0. The Hall–Kier alpha value is -0.120. The first-order valence-electron chi connectivity index (χ1n) is 8.99. The number of rotatable bonds is 6. The number of hydrogen-bond acceptors (Lipinski definition) is 3. The van der Waals surface area contributed by atoms with Crippen LogP contribution in [-0.4, -0.2) is 47.8 Å². The van der Waals surface area contributed by atoms with Crippen molar-refractivity contribution in [2.24, 2.45) is 5.92 Å². The van der Waals surface area contributed by atoms with Crippen LogP contribution in [0.4, 0.5) is 0 Å². The lowest BCUT2D eigenvalue weighted by Gasteiger charge is -2.37. The van der Waals surface area contributed by atoms with Crippen molar-refractivity contribution < 1.29 is 4.74 Å². The first-order chi connectivity index (χ1) is 9.81. The Balaban J connectivity index is 2.13. The van der Waals surface area contributed by atoms with Crippen LogP contribution in [0.1, 0.15) is 67.2 Å². The molecule has 3 nitrogen and oxygen atoms in total. The Morgan fingerprint density at radius 3 is 2.19 bits per heavy atom. The third kappa shape index (κ3) is 3.62. The van der Waals surface area contributed by atoms with Gasteiger partial charge >= 0.3 is 0 Å². The highest BCUT2D eigenvalue weighted by atomic mass is 16.5. The van der Waals surface area contributed by atoms with Crippen molar-refractivity contribution >= 4 is 0 Å². The second-order valence-electron chi connectivity index (χ2n) is 7.98. The molecule has 0 bridgehead atoms. The fraction of sp³-hybridized carbons (Fsp3) is 1.00. The third-order valence-electron chi connectivity index (χ3n) is 5.67. The van der Waals surface area contributed by atoms with Crippen molar-refractivity contribution in [1.29, 1.82) is 0 Å². The molecule has 1 aliphatic carbocycles. The zero-order valence-corrected chi connectivity index (χ0v) is 15.0. The molecule has 21 heavy (non-hydrogen) atoms. The number of hydrogen-bond donors (Lipinski definition) is 1. The van der Waals surface area contributed by atoms with Gasteiger partial charge in [-0.25, -0.2) is 0 Å². The average molecular weight is 296 g/mol. The summed E-state index contributed by atoms with van der Waals surface area (Å²) in [5.41, 5.74) is -0.137. The number of nitrogens with zero attached hydrogens (tertiary/aromatic N) is 1. The highest BCUT2D eigenvalue weighted by Gasteiger charge is 2.53. The van der Waals surface area contributed by atoms with E-state index in [1.165, 1.54) is 25.7 Å². The highest BCUT2D eigenvalue weighted by molar-refractivity contribution is 5.06. The van der Waals surface area contributed by atoms with Crippen molar-refractivity contribution in [3.63, 3.8) is 0 Å². The Morgan fingerprint density at radius 2 is 1.67 bits per heavy atom. The summed E-state index contributed by atoms with van der Waals surface area (Å²) in [6, 6.07) is 1.24. The first kappa shape index (κ1) is 17.2. The van der Waals surface area contributed by atoms with Gasteiger partial charge in [0.15, 0.2) is 0 Å². The summed E-state index contributed by atoms with van der Waals surface area (Å²) < 4.78 is 6.43. The lowest BCUT2D eigenvalue weighted by molar-refractivity contribution is -0.0801. The third-order valence-corrected chi connectivity index (χ3v) is 5.67. The second-order valence-corrected chi connectivity index (χ2v) is 7.98. The van der Waals surface area contributed by atoms with E-state index in [9.17, 15) is 0 Å². The molecule has 2 unspecified atom stereocenters. The first-order valence-corrected chi connectivity index (χ1v) is 8.99. The molecule has 0 amide bonds. The molecule has 124 valence electrons. The molecule has 2 fully saturated rings. The topological polar surface area (TPSA) is 24.5 Å². The van der Waals surface area contributed by atoms with Gasteiger partial charge in [-0.1, -0.05) is 26.7 Å². The quantitative estimate of drug-likeness (QED) is 0.812. The van der Waals surface area contributed by atoms with Gasteiger partial charge in [-0.15, -0.1) is 0 Å². The van der Waals surface area contributed by atoms with Crippen LogP contribution in [0, 0.1) is 5.92 Å². The predicted octanol–water partition coefficient (Wildman–Crippen LogP) is 3.43. The summed E-state index contributed by atoms with van der Waals surface area (Å²) in [5.74, 6) is 0.549. The Labute approximate surface area is 131 Å². The average Bonchev–Trinajstić information content (AvgIpc) is 2.94. The minimum Gasteiger partial charge on any atom is -0.368 e. The molecule has 1 aliphatic heterocycles. The van der Waals surface area contributed by atoms with E-state index in [1.807, 2.05) is 0 Å². The van der Waals surface area contributed by atoms with E-state index in [0.29, 0.717) is 12.0 Å². The van der Waals surface area contributed by atoms with Crippen molar-refractivity contribution in [3.05, 3.63) is 0 Å². The smallest absolute Gasteiger partial charge is 0.0790 e. The summed E-state index contributed by atoms with van der Waals surface area (Å²) in [6.07, 6.45) is 5.59. The summed E-state index contributed by atoms with van der Waals surface area (Å²) in [4.78, 5) is 2.72. The van der Waals surface area contributed by atoms with Gasteiger partial charge in [0, 0.05) is 24.5 Å². The largest absolute Gasteiger partial charge is 0.368 e. The SMILES string of the molecule is CCNC1C(CN(CC)C2CCCC2)C(C)(C)OC1(C)C. The van der Waals surface area contributed by atoms with Crippen molar-refractivity contribution in [2.45, 2.75) is 90.5 Å². The van der Waals surface area contributed by atoms with E-state index in [-0.39, 0.29) is 11.2 Å². The normalized spacial score (nSPS) is 32.1. The van der Waals surface area contributed by atoms with E-state index >= 15 is 0 Å². The van der Waals surface area contributed by atoms with Crippen LogP contribution >= 0.6 is 0 Å². The van der Waals surface area contributed by atoms with Crippen LogP contribution in [0.5, 0.6) is 0 Å². The maximum absolute atomic E-state index is 6.43. The molecular weight excluding hydrogens is 260 g/mol. The predicted molar refractivity (Wildman–Crippen MR) is 89.7 cm³/mol. The second kappa shape index (κ2) is 6.55. The minimum absolute atomic E-state index is 0.0532. The van der Waals surface area contributed by atoms with Crippen LogP contribution in [-0.2, 0) is 4.74 Å². The molecule has 1 N–H and O–H groups in total. The Bertz CT molecular complexity index is 334. The Kier molecular flexibility index (Phi) is 5.38. The van der Waals surface area contributed by atoms with Crippen LogP contribution in [0.3, 0.4) is 0 Å². The van der Waals surface area contributed by atoms with Gasteiger partial charge in [0.25, 0.3) is 0 Å². The van der Waals surface area contributed by atoms with Crippen LogP contribution in [0.15, 0.2) is 0 Å². The van der Waals surface area contributed by atoms with Crippen LogP contribution in [0.2, 0.25) is 0 Å². The van der Waals surface area contributed by atoms with Gasteiger partial charge in [-0.05, 0) is 53.6 Å². The summed E-state index contributed by atoms with van der Waals surface area (Å²) in [6.45, 7) is 16.9. The van der Waals surface area contributed by atoms with Gasteiger partial charge in [0.1, 0.15) is 0 Å². The van der Waals surface area contributed by atoms with Gasteiger partial charge in [-0.2, -0.15) is 0 Å². The van der Waals surface area contributed by atoms with Gasteiger partial charge in [0.05, 0.1) is 11.2 Å². The molecule has 2 atom stereocenters. The monoisotopic (exact) mass is 296 g/mol. The van der Waals surface area contributed by atoms with E-state index < -0.39 is 0 Å². The molecular formula is C18H36N2O.